The Balaban J connectivity index is 1.51. The number of imidazole rings is 1. The summed E-state index contributed by atoms with van der Waals surface area (Å²) in [5.74, 6) is 1.82. The monoisotopic (exact) mass is 581 g/mol. The second kappa shape index (κ2) is 10.7. The Hall–Kier alpha value is -4.48. The number of hydrogen-bond acceptors (Lipinski definition) is 6. The number of carbonyl (C=O) groups excluding carboxylic acids is 1. The summed E-state index contributed by atoms with van der Waals surface area (Å²) in [6, 6.07) is 8.51. The molecule has 0 spiro atoms. The number of halogens is 3. The zero-order chi connectivity index (χ0) is 29.6. The van der Waals surface area contributed by atoms with Crippen molar-refractivity contribution >= 4 is 5.91 Å². The lowest BCUT2D eigenvalue weighted by Crippen LogP contribution is -2.38. The van der Waals surface area contributed by atoms with Crippen molar-refractivity contribution in [2.24, 2.45) is 0 Å². The minimum atomic E-state index is -4.70. The smallest absolute Gasteiger partial charge is 0.435 e. The minimum absolute atomic E-state index is 0.103. The number of methoxy groups -OCH3 is 1. The normalized spacial score (nSPS) is 16.8. The summed E-state index contributed by atoms with van der Waals surface area (Å²) in [5.41, 5.74) is 0.668. The van der Waals surface area contributed by atoms with Crippen LogP contribution in [0.4, 0.5) is 13.2 Å². The van der Waals surface area contributed by atoms with Gasteiger partial charge in [-0.15, -0.1) is 0 Å². The van der Waals surface area contributed by atoms with Crippen LogP contribution in [0.5, 0.6) is 17.2 Å². The van der Waals surface area contributed by atoms with Crippen LogP contribution in [-0.2, 0) is 19.3 Å². The molecule has 0 radical (unpaired) electrons. The molecule has 42 heavy (non-hydrogen) atoms. The van der Waals surface area contributed by atoms with E-state index in [9.17, 15) is 18.0 Å². The molecule has 1 unspecified atom stereocenters. The van der Waals surface area contributed by atoms with Crippen molar-refractivity contribution in [1.82, 2.24) is 24.2 Å². The van der Waals surface area contributed by atoms with Gasteiger partial charge < -0.3 is 23.7 Å². The van der Waals surface area contributed by atoms with Crippen LogP contribution in [0.15, 0.2) is 48.9 Å². The first-order chi connectivity index (χ1) is 20.2. The van der Waals surface area contributed by atoms with E-state index in [2.05, 4.69) is 10.1 Å². The number of ether oxygens (including phenoxy) is 3. The summed E-state index contributed by atoms with van der Waals surface area (Å²) >= 11 is 0. The fourth-order valence-electron chi connectivity index (χ4n) is 5.66. The molecule has 6 rings (SSSR count). The van der Waals surface area contributed by atoms with Gasteiger partial charge in [-0.3, -0.25) is 9.48 Å². The highest BCUT2D eigenvalue weighted by atomic mass is 19.4. The fraction of sp³-hybridized carbons (Fsp3) is 0.367. The summed E-state index contributed by atoms with van der Waals surface area (Å²) in [6.45, 7) is 4.87. The van der Waals surface area contributed by atoms with Crippen molar-refractivity contribution in [3.63, 3.8) is 0 Å². The van der Waals surface area contributed by atoms with Gasteiger partial charge in [0, 0.05) is 54.8 Å². The Morgan fingerprint density at radius 3 is 2.62 bits per heavy atom. The first kappa shape index (κ1) is 27.7. The van der Waals surface area contributed by atoms with Crippen LogP contribution in [-0.4, -0.2) is 57.0 Å². The zero-order valence-corrected chi connectivity index (χ0v) is 23.4. The molecular formula is C30H30F3N5O4. The lowest BCUT2D eigenvalue weighted by atomic mass is 9.95. The van der Waals surface area contributed by atoms with E-state index in [-0.39, 0.29) is 54.1 Å². The maximum Gasteiger partial charge on any atom is 0.435 e. The number of carbonyl (C=O) groups is 1. The van der Waals surface area contributed by atoms with Gasteiger partial charge in [-0.25, -0.2) is 4.98 Å². The van der Waals surface area contributed by atoms with Gasteiger partial charge in [0.1, 0.15) is 29.7 Å². The molecule has 4 aromatic rings. The average molecular weight is 582 g/mol. The van der Waals surface area contributed by atoms with E-state index in [1.165, 1.54) is 10.9 Å². The molecule has 0 bridgehead atoms. The molecule has 9 nitrogen and oxygen atoms in total. The second-order valence-corrected chi connectivity index (χ2v) is 10.3. The molecule has 2 aliphatic rings. The molecule has 1 atom stereocenters. The van der Waals surface area contributed by atoms with Gasteiger partial charge in [-0.05, 0) is 49.7 Å². The summed E-state index contributed by atoms with van der Waals surface area (Å²) in [4.78, 5) is 20.3. The predicted molar refractivity (Wildman–Crippen MR) is 147 cm³/mol. The molecule has 12 heteroatoms. The third kappa shape index (κ3) is 4.94. The molecule has 0 saturated carbocycles. The number of benzene rings is 2. The third-order valence-electron chi connectivity index (χ3n) is 7.74. The van der Waals surface area contributed by atoms with Crippen molar-refractivity contribution in [3.8, 4) is 28.4 Å². The van der Waals surface area contributed by atoms with E-state index >= 15 is 0 Å². The maximum absolute atomic E-state index is 14.4. The summed E-state index contributed by atoms with van der Waals surface area (Å²) < 4.78 is 63.2. The molecule has 0 fully saturated rings. The van der Waals surface area contributed by atoms with Gasteiger partial charge in [-0.1, -0.05) is 0 Å². The summed E-state index contributed by atoms with van der Waals surface area (Å²) in [7, 11) is 1.57. The van der Waals surface area contributed by atoms with Crippen LogP contribution in [0, 0.1) is 6.92 Å². The first-order valence-corrected chi connectivity index (χ1v) is 13.7. The highest BCUT2D eigenvalue weighted by Crippen LogP contribution is 2.45. The molecule has 2 aliphatic heterocycles. The molecular weight excluding hydrogens is 551 g/mol. The molecule has 2 aromatic heterocycles. The van der Waals surface area contributed by atoms with E-state index in [0.29, 0.717) is 36.6 Å². The number of aryl methyl sites for hydroxylation is 2. The van der Waals surface area contributed by atoms with Crippen LogP contribution >= 0.6 is 0 Å². The summed E-state index contributed by atoms with van der Waals surface area (Å²) in [6.07, 6.45) is 0.643. The summed E-state index contributed by atoms with van der Waals surface area (Å²) in [5, 5.41) is 3.82. The first-order valence-electron chi connectivity index (χ1n) is 13.7. The molecule has 0 aliphatic carbocycles. The van der Waals surface area contributed by atoms with Gasteiger partial charge in [0.25, 0.3) is 5.91 Å². The van der Waals surface area contributed by atoms with E-state index < -0.39 is 11.9 Å². The quantitative estimate of drug-likeness (QED) is 0.299. The maximum atomic E-state index is 14.4. The number of nitrogens with zero attached hydrogens (tertiary/aromatic N) is 5. The Labute approximate surface area is 240 Å². The number of amides is 1. The largest absolute Gasteiger partial charge is 0.497 e. The van der Waals surface area contributed by atoms with Crippen LogP contribution in [0.25, 0.3) is 11.1 Å². The average Bonchev–Trinajstić information content (AvgIpc) is 3.56. The number of fused-ring (bicyclic) bond motifs is 2. The Kier molecular flexibility index (Phi) is 7.07. The van der Waals surface area contributed by atoms with Gasteiger partial charge >= 0.3 is 6.18 Å². The van der Waals surface area contributed by atoms with Crippen molar-refractivity contribution in [2.75, 3.05) is 26.9 Å². The second-order valence-electron chi connectivity index (χ2n) is 10.3. The van der Waals surface area contributed by atoms with Gasteiger partial charge in [0.2, 0.25) is 0 Å². The lowest BCUT2D eigenvalue weighted by molar-refractivity contribution is -0.141. The Morgan fingerprint density at radius 1 is 1.10 bits per heavy atom. The van der Waals surface area contributed by atoms with E-state index in [4.69, 9.17) is 14.2 Å². The van der Waals surface area contributed by atoms with Gasteiger partial charge in [-0.2, -0.15) is 18.3 Å². The topological polar surface area (TPSA) is 83.6 Å². The SMILES string of the molecule is CCn1cc(-c2cc(Cn3ccnc3C)cc3c2OCCN(C2CCOc4ccc(OC)cc42)C3=O)c(C(F)(F)F)n1. The zero-order valence-electron chi connectivity index (χ0n) is 23.4. The molecule has 0 N–H and O–H groups in total. The number of aromatic nitrogens is 4. The molecule has 0 saturated heterocycles. The van der Waals surface area contributed by atoms with Gasteiger partial charge in [0.15, 0.2) is 5.69 Å². The molecule has 2 aromatic carbocycles. The van der Waals surface area contributed by atoms with E-state index in [0.717, 1.165) is 11.4 Å². The third-order valence-corrected chi connectivity index (χ3v) is 7.74. The number of alkyl halides is 3. The molecule has 1 amide bonds. The minimum Gasteiger partial charge on any atom is -0.497 e. The van der Waals surface area contributed by atoms with Crippen LogP contribution in [0.2, 0.25) is 0 Å². The molecule has 220 valence electrons. The van der Waals surface area contributed by atoms with Crippen LogP contribution in [0.1, 0.15) is 52.4 Å². The Morgan fingerprint density at radius 2 is 1.90 bits per heavy atom. The molecule has 4 heterocycles. The highest BCUT2D eigenvalue weighted by molar-refractivity contribution is 6.00. The van der Waals surface area contributed by atoms with E-state index in [1.807, 2.05) is 23.6 Å². The number of hydrogen-bond donors (Lipinski definition) is 0. The van der Waals surface area contributed by atoms with Crippen molar-refractivity contribution in [1.29, 1.82) is 0 Å². The van der Waals surface area contributed by atoms with E-state index in [1.54, 1.807) is 49.5 Å². The standard InChI is InChI=1S/C30H30F3N5O4/c1-4-37-17-24(28(35-37)30(31,32)33)21-13-19(16-36-9-8-34-18(36)2)14-23-27(21)42-12-10-38(29(23)39)25-7-11-41-26-6-5-20(40-3)15-22(25)26/h5-6,8-9,13-15,17,25H,4,7,10-12,16H2,1-3H3. The van der Waals surface area contributed by atoms with Crippen molar-refractivity contribution in [3.05, 3.63) is 77.1 Å². The van der Waals surface area contributed by atoms with Crippen molar-refractivity contribution < 1.29 is 32.2 Å². The van der Waals surface area contributed by atoms with Crippen LogP contribution < -0.4 is 14.2 Å². The highest BCUT2D eigenvalue weighted by Gasteiger charge is 2.40. The van der Waals surface area contributed by atoms with Gasteiger partial charge in [0.05, 0.1) is 31.9 Å². The van der Waals surface area contributed by atoms with Crippen molar-refractivity contribution in [2.45, 2.75) is 45.6 Å². The fourth-order valence-corrected chi connectivity index (χ4v) is 5.66. The van der Waals surface area contributed by atoms with Crippen LogP contribution in [0.3, 0.4) is 0 Å². The predicted octanol–water partition coefficient (Wildman–Crippen LogP) is 5.51. The number of rotatable bonds is 6. The Bertz CT molecular complexity index is 1640. The lowest BCUT2D eigenvalue weighted by Gasteiger charge is -2.35.